The van der Waals surface area contributed by atoms with E-state index in [-0.39, 0.29) is 0 Å². The maximum absolute atomic E-state index is 5.82. The summed E-state index contributed by atoms with van der Waals surface area (Å²) in [6.07, 6.45) is 6.56. The lowest BCUT2D eigenvalue weighted by atomic mass is 10.2. The lowest BCUT2D eigenvalue weighted by Crippen LogP contribution is -2.20. The average Bonchev–Trinajstić information content (AvgIpc) is 2.85. The van der Waals surface area contributed by atoms with Gasteiger partial charge < -0.3 is 14.0 Å². The van der Waals surface area contributed by atoms with Gasteiger partial charge in [0.2, 0.25) is 0 Å². The smallest absolute Gasteiger partial charge is 0.180 e. The van der Waals surface area contributed by atoms with Crippen molar-refractivity contribution in [3.8, 4) is 5.75 Å². The Kier molecular flexibility index (Phi) is 3.03. The zero-order valence-corrected chi connectivity index (χ0v) is 12.8. The van der Waals surface area contributed by atoms with E-state index in [0.29, 0.717) is 6.61 Å². The summed E-state index contributed by atoms with van der Waals surface area (Å²) in [4.78, 5) is 11.3. The first-order chi connectivity index (χ1) is 10.3. The summed E-state index contributed by atoms with van der Waals surface area (Å²) < 4.78 is 8.57. The predicted molar refractivity (Wildman–Crippen MR) is 84.2 cm³/mol. The average molecular weight is 345 g/mol. The van der Waals surface area contributed by atoms with E-state index in [4.69, 9.17) is 4.74 Å². The minimum absolute atomic E-state index is 0.715. The first-order valence-corrected chi connectivity index (χ1v) is 7.61. The zero-order chi connectivity index (χ0) is 14.2. The van der Waals surface area contributed by atoms with Gasteiger partial charge in [-0.3, -0.25) is 0 Å². The first-order valence-electron chi connectivity index (χ1n) is 6.81. The molecule has 1 aromatic carbocycles. The SMILES string of the molecule is Brc1cn2ccnc2c(N2CCCOc3ccccc32)n1. The molecule has 5 nitrogen and oxygen atoms in total. The topological polar surface area (TPSA) is 42.7 Å². The summed E-state index contributed by atoms with van der Waals surface area (Å²) >= 11 is 3.48. The fourth-order valence-electron chi connectivity index (χ4n) is 2.61. The van der Waals surface area contributed by atoms with Gasteiger partial charge in [0.15, 0.2) is 11.5 Å². The number of anilines is 2. The summed E-state index contributed by atoms with van der Waals surface area (Å²) in [6, 6.07) is 8.06. The molecule has 21 heavy (non-hydrogen) atoms. The van der Waals surface area contributed by atoms with Gasteiger partial charge in [0.25, 0.3) is 0 Å². The lowest BCUT2D eigenvalue weighted by Gasteiger charge is -2.23. The van der Waals surface area contributed by atoms with Gasteiger partial charge in [-0.2, -0.15) is 0 Å². The van der Waals surface area contributed by atoms with E-state index >= 15 is 0 Å². The van der Waals surface area contributed by atoms with E-state index in [0.717, 1.165) is 40.5 Å². The Hall–Kier alpha value is -2.08. The minimum Gasteiger partial charge on any atom is -0.491 e. The van der Waals surface area contributed by atoms with E-state index in [1.165, 1.54) is 0 Å². The lowest BCUT2D eigenvalue weighted by molar-refractivity contribution is 0.322. The highest BCUT2D eigenvalue weighted by atomic mass is 79.9. The zero-order valence-electron chi connectivity index (χ0n) is 11.2. The van der Waals surface area contributed by atoms with Crippen molar-refractivity contribution >= 4 is 33.1 Å². The van der Waals surface area contributed by atoms with Crippen molar-refractivity contribution in [2.45, 2.75) is 6.42 Å². The number of ether oxygens (including phenoxy) is 1. The molecule has 0 amide bonds. The molecule has 0 unspecified atom stereocenters. The van der Waals surface area contributed by atoms with Crippen molar-refractivity contribution in [3.05, 3.63) is 47.5 Å². The third kappa shape index (κ3) is 2.15. The standard InChI is InChI=1S/C15H13BrN4O/c16-13-10-19-8-6-17-14(19)15(18-13)20-7-3-9-21-12-5-2-1-4-11(12)20/h1-2,4-6,8,10H,3,7,9H2. The normalized spacial score (nSPS) is 14.6. The van der Waals surface area contributed by atoms with Crippen LogP contribution in [0.2, 0.25) is 0 Å². The van der Waals surface area contributed by atoms with Crippen molar-refractivity contribution in [3.63, 3.8) is 0 Å². The third-order valence-corrected chi connectivity index (χ3v) is 3.90. The Bertz CT molecular complexity index is 801. The molecule has 0 atom stereocenters. The molecule has 0 fully saturated rings. The highest BCUT2D eigenvalue weighted by Crippen LogP contribution is 2.36. The van der Waals surface area contributed by atoms with Crippen molar-refractivity contribution in [1.29, 1.82) is 0 Å². The van der Waals surface area contributed by atoms with Gasteiger partial charge in [-0.25, -0.2) is 9.97 Å². The Morgan fingerprint density at radius 3 is 3.10 bits per heavy atom. The number of rotatable bonds is 1. The Morgan fingerprint density at radius 1 is 1.24 bits per heavy atom. The fourth-order valence-corrected chi connectivity index (χ4v) is 3.00. The Morgan fingerprint density at radius 2 is 2.14 bits per heavy atom. The van der Waals surface area contributed by atoms with Gasteiger partial charge in [0, 0.05) is 25.1 Å². The van der Waals surface area contributed by atoms with Crippen LogP contribution in [0.3, 0.4) is 0 Å². The number of nitrogens with zero attached hydrogens (tertiary/aromatic N) is 4. The molecule has 3 heterocycles. The number of aromatic nitrogens is 3. The molecule has 6 heteroatoms. The number of imidazole rings is 1. The number of hydrogen-bond acceptors (Lipinski definition) is 4. The van der Waals surface area contributed by atoms with Crippen LogP contribution in [0, 0.1) is 0 Å². The number of benzene rings is 1. The highest BCUT2D eigenvalue weighted by Gasteiger charge is 2.21. The highest BCUT2D eigenvalue weighted by molar-refractivity contribution is 9.10. The minimum atomic E-state index is 0.715. The van der Waals surface area contributed by atoms with Gasteiger partial charge in [0.1, 0.15) is 10.4 Å². The summed E-state index contributed by atoms with van der Waals surface area (Å²) in [5.74, 6) is 1.73. The Labute approximate surface area is 130 Å². The second-order valence-electron chi connectivity index (χ2n) is 4.87. The number of halogens is 1. The van der Waals surface area contributed by atoms with Crippen LogP contribution in [0.4, 0.5) is 11.5 Å². The monoisotopic (exact) mass is 344 g/mol. The molecule has 0 aliphatic carbocycles. The summed E-state index contributed by atoms with van der Waals surface area (Å²) in [6.45, 7) is 1.56. The number of para-hydroxylation sites is 2. The van der Waals surface area contributed by atoms with Gasteiger partial charge >= 0.3 is 0 Å². The van der Waals surface area contributed by atoms with Crippen LogP contribution in [0.25, 0.3) is 5.65 Å². The van der Waals surface area contributed by atoms with Gasteiger partial charge in [-0.15, -0.1) is 0 Å². The van der Waals surface area contributed by atoms with Crippen LogP contribution in [0.5, 0.6) is 5.75 Å². The molecule has 0 N–H and O–H groups in total. The molecule has 2 aromatic heterocycles. The van der Waals surface area contributed by atoms with Crippen LogP contribution in [0.1, 0.15) is 6.42 Å². The molecule has 1 aliphatic rings. The van der Waals surface area contributed by atoms with Crippen LogP contribution in [0.15, 0.2) is 47.5 Å². The summed E-state index contributed by atoms with van der Waals surface area (Å²) in [5.41, 5.74) is 1.88. The predicted octanol–water partition coefficient (Wildman–Crippen LogP) is 3.41. The molecule has 4 rings (SSSR count). The quantitative estimate of drug-likeness (QED) is 0.678. The van der Waals surface area contributed by atoms with E-state index < -0.39 is 0 Å². The van der Waals surface area contributed by atoms with Gasteiger partial charge in [0.05, 0.1) is 12.3 Å². The van der Waals surface area contributed by atoms with E-state index in [9.17, 15) is 0 Å². The van der Waals surface area contributed by atoms with Crippen molar-refractivity contribution in [2.75, 3.05) is 18.1 Å². The summed E-state index contributed by atoms with van der Waals surface area (Å²) in [7, 11) is 0. The van der Waals surface area contributed by atoms with Crippen LogP contribution in [-0.4, -0.2) is 27.5 Å². The van der Waals surface area contributed by atoms with E-state index in [1.807, 2.05) is 35.0 Å². The van der Waals surface area contributed by atoms with Crippen LogP contribution < -0.4 is 9.64 Å². The van der Waals surface area contributed by atoms with Crippen molar-refractivity contribution in [1.82, 2.24) is 14.4 Å². The molecule has 0 radical (unpaired) electrons. The maximum atomic E-state index is 5.82. The molecule has 0 saturated heterocycles. The number of hydrogen-bond donors (Lipinski definition) is 0. The van der Waals surface area contributed by atoms with E-state index in [1.54, 1.807) is 6.20 Å². The largest absolute Gasteiger partial charge is 0.491 e. The molecule has 1 aliphatic heterocycles. The number of fused-ring (bicyclic) bond motifs is 2. The second kappa shape index (κ2) is 5.04. The van der Waals surface area contributed by atoms with Gasteiger partial charge in [-0.05, 0) is 34.5 Å². The molecule has 3 aromatic rings. The molecule has 106 valence electrons. The van der Waals surface area contributed by atoms with Crippen LogP contribution in [-0.2, 0) is 0 Å². The van der Waals surface area contributed by atoms with Crippen LogP contribution >= 0.6 is 15.9 Å². The second-order valence-corrected chi connectivity index (χ2v) is 5.68. The first kappa shape index (κ1) is 12.6. The Balaban J connectivity index is 1.94. The molecule has 0 saturated carbocycles. The molecule has 0 spiro atoms. The summed E-state index contributed by atoms with van der Waals surface area (Å²) in [5, 5.41) is 0. The van der Waals surface area contributed by atoms with Gasteiger partial charge in [-0.1, -0.05) is 12.1 Å². The van der Waals surface area contributed by atoms with Crippen molar-refractivity contribution < 1.29 is 4.74 Å². The molecular formula is C15H13BrN4O. The van der Waals surface area contributed by atoms with E-state index in [2.05, 4.69) is 36.9 Å². The fraction of sp³-hybridized carbons (Fsp3) is 0.200. The van der Waals surface area contributed by atoms with Crippen molar-refractivity contribution in [2.24, 2.45) is 0 Å². The third-order valence-electron chi connectivity index (χ3n) is 3.52. The molecule has 0 bridgehead atoms. The maximum Gasteiger partial charge on any atom is 0.180 e. The molecular weight excluding hydrogens is 332 g/mol.